The smallest absolute Gasteiger partial charge is 0.166 e. The van der Waals surface area contributed by atoms with Gasteiger partial charge in [0.15, 0.2) is 5.11 Å². The molecule has 0 amide bonds. The number of nitrogens with one attached hydrogen (secondary N) is 2. The van der Waals surface area contributed by atoms with Gasteiger partial charge < -0.3 is 10.6 Å². The third-order valence-electron chi connectivity index (χ3n) is 1.98. The lowest BCUT2D eigenvalue weighted by molar-refractivity contribution is 0.942. The Morgan fingerprint density at radius 2 is 2.29 bits per heavy atom. The molecular formula is C11H16ClN3S2. The van der Waals surface area contributed by atoms with Gasteiger partial charge in [0.1, 0.15) is 0 Å². The highest BCUT2D eigenvalue weighted by molar-refractivity contribution is 7.98. The van der Waals surface area contributed by atoms with Crippen LogP contribution in [0.25, 0.3) is 0 Å². The van der Waals surface area contributed by atoms with Gasteiger partial charge in [-0.1, -0.05) is 11.6 Å². The fraction of sp³-hybridized carbons (Fsp3) is 0.455. The van der Waals surface area contributed by atoms with Gasteiger partial charge in [-0.2, -0.15) is 11.8 Å². The summed E-state index contributed by atoms with van der Waals surface area (Å²) in [5.74, 6) is 1.85. The van der Waals surface area contributed by atoms with Crippen molar-refractivity contribution in [1.82, 2.24) is 15.6 Å². The lowest BCUT2D eigenvalue weighted by atomic mass is 10.3. The summed E-state index contributed by atoms with van der Waals surface area (Å²) in [6.45, 7) is 2.80. The van der Waals surface area contributed by atoms with Crippen LogP contribution in [0.5, 0.6) is 0 Å². The van der Waals surface area contributed by atoms with Crippen molar-refractivity contribution >= 4 is 40.7 Å². The average molecular weight is 290 g/mol. The number of pyridine rings is 1. The fourth-order valence-corrected chi connectivity index (χ4v) is 2.40. The lowest BCUT2D eigenvalue weighted by Gasteiger charge is -2.06. The van der Waals surface area contributed by atoms with Gasteiger partial charge in [0, 0.05) is 35.8 Å². The third-order valence-corrected chi connectivity index (χ3v) is 3.54. The molecule has 1 aromatic rings. The lowest BCUT2D eigenvalue weighted by Crippen LogP contribution is -2.33. The highest BCUT2D eigenvalue weighted by Gasteiger charge is 1.99. The van der Waals surface area contributed by atoms with Crippen molar-refractivity contribution in [3.63, 3.8) is 0 Å². The topological polar surface area (TPSA) is 37.0 Å². The molecule has 3 nitrogen and oxygen atoms in total. The van der Waals surface area contributed by atoms with Crippen LogP contribution in [-0.2, 0) is 5.75 Å². The van der Waals surface area contributed by atoms with Crippen molar-refractivity contribution in [3.05, 3.63) is 28.5 Å². The summed E-state index contributed by atoms with van der Waals surface area (Å²) in [6, 6.07) is 3.77. The maximum absolute atomic E-state index is 5.96. The second kappa shape index (κ2) is 7.74. The Kier molecular flexibility index (Phi) is 6.62. The molecule has 0 aromatic carbocycles. The summed E-state index contributed by atoms with van der Waals surface area (Å²) < 4.78 is 0. The Balaban J connectivity index is 2.24. The Hall–Kier alpha value is -0.520. The number of aromatic nitrogens is 1. The van der Waals surface area contributed by atoms with Gasteiger partial charge in [0.2, 0.25) is 0 Å². The van der Waals surface area contributed by atoms with Crippen LogP contribution >= 0.6 is 35.6 Å². The maximum Gasteiger partial charge on any atom is 0.166 e. The van der Waals surface area contributed by atoms with Gasteiger partial charge in [-0.15, -0.1) is 0 Å². The van der Waals surface area contributed by atoms with E-state index in [0.29, 0.717) is 5.11 Å². The van der Waals surface area contributed by atoms with Crippen LogP contribution in [0.3, 0.4) is 0 Å². The first-order chi connectivity index (χ1) is 8.11. The zero-order valence-electron chi connectivity index (χ0n) is 9.92. The van der Waals surface area contributed by atoms with Crippen molar-refractivity contribution in [2.24, 2.45) is 0 Å². The van der Waals surface area contributed by atoms with E-state index in [0.717, 1.165) is 34.5 Å². The summed E-state index contributed by atoms with van der Waals surface area (Å²) in [4.78, 5) is 4.42. The molecule has 1 heterocycles. The molecule has 6 heteroatoms. The number of thioether (sulfide) groups is 1. The summed E-state index contributed by atoms with van der Waals surface area (Å²) >= 11 is 12.7. The first-order valence-corrected chi connectivity index (χ1v) is 7.22. The molecule has 0 radical (unpaired) electrons. The highest BCUT2D eigenvalue weighted by Crippen LogP contribution is 2.15. The number of thiocarbonyl (C=S) groups is 1. The van der Waals surface area contributed by atoms with E-state index in [1.807, 2.05) is 19.1 Å². The van der Waals surface area contributed by atoms with Crippen LogP contribution in [0.4, 0.5) is 0 Å². The van der Waals surface area contributed by atoms with Crippen LogP contribution in [0.1, 0.15) is 11.4 Å². The van der Waals surface area contributed by atoms with Crippen molar-refractivity contribution in [2.75, 3.05) is 19.3 Å². The van der Waals surface area contributed by atoms with Crippen LogP contribution in [0, 0.1) is 6.92 Å². The average Bonchev–Trinajstić information content (AvgIpc) is 2.27. The number of rotatable bonds is 5. The van der Waals surface area contributed by atoms with E-state index in [-0.39, 0.29) is 0 Å². The number of hydrogen-bond donors (Lipinski definition) is 2. The van der Waals surface area contributed by atoms with Crippen LogP contribution < -0.4 is 10.6 Å². The molecule has 0 saturated heterocycles. The zero-order valence-corrected chi connectivity index (χ0v) is 12.3. The molecule has 2 N–H and O–H groups in total. The molecule has 94 valence electrons. The van der Waals surface area contributed by atoms with Crippen LogP contribution in [0.2, 0.25) is 5.02 Å². The second-order valence-corrected chi connectivity index (χ2v) is 5.43. The first-order valence-electron chi connectivity index (χ1n) is 5.28. The number of aryl methyl sites for hydroxylation is 1. The van der Waals surface area contributed by atoms with E-state index in [1.54, 1.807) is 18.8 Å². The van der Waals surface area contributed by atoms with Gasteiger partial charge in [0.05, 0.1) is 5.69 Å². The van der Waals surface area contributed by atoms with E-state index < -0.39 is 0 Å². The SMILES string of the molecule is CNC(=S)NCCSCc1cc(Cl)cc(C)n1. The van der Waals surface area contributed by atoms with E-state index >= 15 is 0 Å². The minimum absolute atomic E-state index is 0.683. The van der Waals surface area contributed by atoms with Crippen molar-refractivity contribution < 1.29 is 0 Å². The molecule has 0 atom stereocenters. The largest absolute Gasteiger partial charge is 0.366 e. The predicted molar refractivity (Wildman–Crippen MR) is 79.8 cm³/mol. The molecule has 0 bridgehead atoms. The molecule has 1 rings (SSSR count). The zero-order chi connectivity index (χ0) is 12.7. The van der Waals surface area contributed by atoms with Gasteiger partial charge in [-0.25, -0.2) is 0 Å². The third kappa shape index (κ3) is 6.10. The summed E-state index contributed by atoms with van der Waals surface area (Å²) in [6.07, 6.45) is 0. The molecule has 0 aliphatic heterocycles. The summed E-state index contributed by atoms with van der Waals surface area (Å²) in [7, 11) is 1.81. The molecule has 0 fully saturated rings. The second-order valence-electron chi connectivity index (χ2n) is 3.48. The molecule has 0 aliphatic rings. The number of hydrogen-bond acceptors (Lipinski definition) is 3. The van der Waals surface area contributed by atoms with E-state index in [1.165, 1.54) is 0 Å². The Labute approximate surface area is 117 Å². The minimum Gasteiger partial charge on any atom is -0.366 e. The summed E-state index contributed by atoms with van der Waals surface area (Å²) in [5, 5.41) is 7.40. The van der Waals surface area contributed by atoms with Crippen molar-refractivity contribution in [1.29, 1.82) is 0 Å². The quantitative estimate of drug-likeness (QED) is 0.643. The highest BCUT2D eigenvalue weighted by atomic mass is 35.5. The Morgan fingerprint density at radius 3 is 2.94 bits per heavy atom. The molecule has 0 unspecified atom stereocenters. The number of halogens is 1. The van der Waals surface area contributed by atoms with Gasteiger partial charge >= 0.3 is 0 Å². The molecule has 0 spiro atoms. The van der Waals surface area contributed by atoms with Crippen LogP contribution in [-0.4, -0.2) is 29.4 Å². The monoisotopic (exact) mass is 289 g/mol. The first kappa shape index (κ1) is 14.5. The van der Waals surface area contributed by atoms with Crippen LogP contribution in [0.15, 0.2) is 12.1 Å². The standard InChI is InChI=1S/C11H16ClN3S2/c1-8-5-9(12)6-10(15-8)7-17-4-3-14-11(16)13-2/h5-6H,3-4,7H2,1-2H3,(H2,13,14,16). The fourth-order valence-electron chi connectivity index (χ4n) is 1.27. The number of nitrogens with zero attached hydrogens (tertiary/aromatic N) is 1. The predicted octanol–water partition coefficient (Wildman–Crippen LogP) is 2.37. The summed E-state index contributed by atoms with van der Waals surface area (Å²) in [5.41, 5.74) is 1.98. The molecule has 0 aliphatic carbocycles. The maximum atomic E-state index is 5.96. The van der Waals surface area contributed by atoms with Gasteiger partial charge in [-0.3, -0.25) is 4.98 Å². The van der Waals surface area contributed by atoms with Gasteiger partial charge in [0.25, 0.3) is 0 Å². The van der Waals surface area contributed by atoms with Gasteiger partial charge in [-0.05, 0) is 31.3 Å². The van der Waals surface area contributed by atoms with E-state index in [9.17, 15) is 0 Å². The molecule has 17 heavy (non-hydrogen) atoms. The normalized spacial score (nSPS) is 10.1. The van der Waals surface area contributed by atoms with Crippen molar-refractivity contribution in [2.45, 2.75) is 12.7 Å². The minimum atomic E-state index is 0.683. The van der Waals surface area contributed by atoms with E-state index in [2.05, 4.69) is 15.6 Å². The molecule has 1 aromatic heterocycles. The molecular weight excluding hydrogens is 274 g/mol. The Morgan fingerprint density at radius 1 is 1.53 bits per heavy atom. The Bertz CT molecular complexity index is 365. The van der Waals surface area contributed by atoms with E-state index in [4.69, 9.17) is 23.8 Å². The van der Waals surface area contributed by atoms with Crippen molar-refractivity contribution in [3.8, 4) is 0 Å². The molecule has 0 saturated carbocycles.